The summed E-state index contributed by atoms with van der Waals surface area (Å²) < 4.78 is 13.2. The summed E-state index contributed by atoms with van der Waals surface area (Å²) in [6, 6.07) is 12.9. The Balaban J connectivity index is 1.74. The quantitative estimate of drug-likeness (QED) is 0.683. The van der Waals surface area contributed by atoms with Gasteiger partial charge in [0.25, 0.3) is 0 Å². The van der Waals surface area contributed by atoms with Gasteiger partial charge in [-0.2, -0.15) is 5.26 Å². The number of hydrogen-bond acceptors (Lipinski definition) is 4. The molecule has 1 heterocycles. The van der Waals surface area contributed by atoms with Crippen molar-refractivity contribution >= 4 is 52.5 Å². The third-order valence-corrected chi connectivity index (χ3v) is 5.74. The van der Waals surface area contributed by atoms with Crippen LogP contribution >= 0.6 is 35.0 Å². The average Bonchev–Trinajstić information content (AvgIpc) is 2.69. The number of benzene rings is 2. The number of nitrogens with one attached hydrogen (secondary N) is 2. The first-order chi connectivity index (χ1) is 13.9. The number of allylic oxidation sites excluding steroid dienone is 1. The topological polar surface area (TPSA) is 82.0 Å². The molecule has 2 N–H and O–H groups in total. The molecule has 0 unspecified atom stereocenters. The minimum absolute atomic E-state index is 0.0525. The first kappa shape index (κ1) is 21.2. The molecular formula is C20H14Cl2FN3O2S. The largest absolute Gasteiger partial charge is 0.325 e. The van der Waals surface area contributed by atoms with Crippen molar-refractivity contribution in [2.45, 2.75) is 12.3 Å². The number of hydrogen-bond donors (Lipinski definition) is 2. The van der Waals surface area contributed by atoms with Gasteiger partial charge >= 0.3 is 0 Å². The molecule has 2 aromatic rings. The SMILES string of the molecule is N#CC1=C(SCC(=O)Nc2ccc(F)c(Cl)c2)NC(=O)C[C@@H]1c1ccc(Cl)cc1. The zero-order valence-electron chi connectivity index (χ0n) is 14.8. The summed E-state index contributed by atoms with van der Waals surface area (Å²) in [4.78, 5) is 24.4. The van der Waals surface area contributed by atoms with Crippen molar-refractivity contribution in [2.75, 3.05) is 11.1 Å². The van der Waals surface area contributed by atoms with Crippen LogP contribution in [0.2, 0.25) is 10.0 Å². The summed E-state index contributed by atoms with van der Waals surface area (Å²) >= 11 is 12.7. The highest BCUT2D eigenvalue weighted by molar-refractivity contribution is 8.03. The molecule has 2 amide bonds. The van der Waals surface area contributed by atoms with Crippen LogP contribution in [0.5, 0.6) is 0 Å². The normalized spacial score (nSPS) is 16.2. The molecule has 1 atom stereocenters. The molecule has 1 aliphatic rings. The van der Waals surface area contributed by atoms with E-state index in [1.807, 2.05) is 0 Å². The third-order valence-electron chi connectivity index (χ3n) is 4.18. The molecule has 29 heavy (non-hydrogen) atoms. The molecule has 0 bridgehead atoms. The van der Waals surface area contributed by atoms with Gasteiger partial charge in [-0.05, 0) is 35.9 Å². The molecule has 5 nitrogen and oxygen atoms in total. The number of thioether (sulfide) groups is 1. The zero-order valence-corrected chi connectivity index (χ0v) is 17.2. The second-order valence-corrected chi connectivity index (χ2v) is 8.01. The standard InChI is InChI=1S/C20H14Cl2FN3O2S/c21-12-3-1-11(2-4-12)14-8-18(27)26-20(15(14)9-24)29-10-19(28)25-13-5-6-17(23)16(22)7-13/h1-7,14H,8,10H2,(H,25,28)(H,26,27)/t14-/m1/s1. The molecule has 9 heteroatoms. The monoisotopic (exact) mass is 449 g/mol. The zero-order chi connectivity index (χ0) is 21.0. The van der Waals surface area contributed by atoms with Crippen molar-refractivity contribution in [2.24, 2.45) is 0 Å². The van der Waals surface area contributed by atoms with E-state index < -0.39 is 11.7 Å². The van der Waals surface area contributed by atoms with E-state index in [9.17, 15) is 19.2 Å². The first-order valence-electron chi connectivity index (χ1n) is 8.44. The van der Waals surface area contributed by atoms with Crippen LogP contribution in [-0.2, 0) is 9.59 Å². The van der Waals surface area contributed by atoms with Gasteiger partial charge in [0.2, 0.25) is 11.8 Å². The van der Waals surface area contributed by atoms with E-state index in [4.69, 9.17) is 23.2 Å². The lowest BCUT2D eigenvalue weighted by Crippen LogP contribution is -2.31. The van der Waals surface area contributed by atoms with Crippen molar-refractivity contribution in [1.29, 1.82) is 5.26 Å². The van der Waals surface area contributed by atoms with E-state index in [-0.39, 0.29) is 29.0 Å². The highest BCUT2D eigenvalue weighted by atomic mass is 35.5. The third kappa shape index (κ3) is 5.30. The number of amides is 2. The molecule has 3 rings (SSSR count). The van der Waals surface area contributed by atoms with Gasteiger partial charge in [-0.1, -0.05) is 47.1 Å². The van der Waals surface area contributed by atoms with Crippen molar-refractivity contribution in [3.63, 3.8) is 0 Å². The molecule has 2 aromatic carbocycles. The molecular weight excluding hydrogens is 436 g/mol. The maximum atomic E-state index is 13.2. The van der Waals surface area contributed by atoms with Gasteiger partial charge in [-0.3, -0.25) is 9.59 Å². The van der Waals surface area contributed by atoms with Gasteiger partial charge in [0.05, 0.1) is 27.4 Å². The van der Waals surface area contributed by atoms with Crippen molar-refractivity contribution in [3.05, 3.63) is 74.5 Å². The van der Waals surface area contributed by atoms with Crippen LogP contribution in [0.3, 0.4) is 0 Å². The molecule has 0 aliphatic carbocycles. The number of nitriles is 1. The highest BCUT2D eigenvalue weighted by Crippen LogP contribution is 2.36. The molecule has 0 spiro atoms. The fourth-order valence-electron chi connectivity index (χ4n) is 2.82. The van der Waals surface area contributed by atoms with Crippen LogP contribution in [0.1, 0.15) is 17.9 Å². The number of carbonyl (C=O) groups is 2. The number of anilines is 1. The summed E-state index contributed by atoms with van der Waals surface area (Å²) in [5.41, 5.74) is 1.53. The van der Waals surface area contributed by atoms with Crippen LogP contribution in [0.15, 0.2) is 53.1 Å². The number of carbonyl (C=O) groups excluding carboxylic acids is 2. The Labute approximate surface area is 180 Å². The Morgan fingerprint density at radius 3 is 2.66 bits per heavy atom. The molecule has 1 aliphatic heterocycles. The van der Waals surface area contributed by atoms with Crippen molar-refractivity contribution in [1.82, 2.24) is 5.32 Å². The van der Waals surface area contributed by atoms with Crippen LogP contribution < -0.4 is 10.6 Å². The minimum Gasteiger partial charge on any atom is -0.325 e. The van der Waals surface area contributed by atoms with E-state index in [0.717, 1.165) is 23.4 Å². The second-order valence-electron chi connectivity index (χ2n) is 6.18. The van der Waals surface area contributed by atoms with Gasteiger partial charge in [0, 0.05) is 23.0 Å². The lowest BCUT2D eigenvalue weighted by molar-refractivity contribution is -0.121. The first-order valence-corrected chi connectivity index (χ1v) is 10.2. The van der Waals surface area contributed by atoms with Gasteiger partial charge in [0.1, 0.15) is 5.82 Å². The van der Waals surface area contributed by atoms with Crippen LogP contribution in [0.4, 0.5) is 10.1 Å². The molecule has 0 aromatic heterocycles. The van der Waals surface area contributed by atoms with Crippen LogP contribution in [-0.4, -0.2) is 17.6 Å². The van der Waals surface area contributed by atoms with Gasteiger partial charge in [-0.15, -0.1) is 0 Å². The Hall–Kier alpha value is -2.53. The lowest BCUT2D eigenvalue weighted by atomic mass is 9.87. The van der Waals surface area contributed by atoms with Crippen LogP contribution in [0.25, 0.3) is 0 Å². The van der Waals surface area contributed by atoms with E-state index in [2.05, 4.69) is 16.7 Å². The van der Waals surface area contributed by atoms with E-state index in [1.165, 1.54) is 12.1 Å². The van der Waals surface area contributed by atoms with Crippen LogP contribution in [0, 0.1) is 17.1 Å². The Morgan fingerprint density at radius 2 is 2.00 bits per heavy atom. The molecule has 0 saturated heterocycles. The van der Waals surface area contributed by atoms with Gasteiger partial charge in [-0.25, -0.2) is 4.39 Å². The van der Waals surface area contributed by atoms with Gasteiger partial charge < -0.3 is 10.6 Å². The Morgan fingerprint density at radius 1 is 1.28 bits per heavy atom. The lowest BCUT2D eigenvalue weighted by Gasteiger charge is -2.25. The fraction of sp³-hybridized carbons (Fsp3) is 0.150. The van der Waals surface area contributed by atoms with E-state index in [0.29, 0.717) is 21.3 Å². The van der Waals surface area contributed by atoms with Crippen molar-refractivity contribution < 1.29 is 14.0 Å². The average molecular weight is 450 g/mol. The molecule has 0 radical (unpaired) electrons. The maximum Gasteiger partial charge on any atom is 0.234 e. The maximum absolute atomic E-state index is 13.2. The minimum atomic E-state index is -0.582. The van der Waals surface area contributed by atoms with E-state index in [1.54, 1.807) is 24.3 Å². The summed E-state index contributed by atoms with van der Waals surface area (Å²) in [6.45, 7) is 0. The number of halogens is 3. The Bertz CT molecular complexity index is 1040. The van der Waals surface area contributed by atoms with Gasteiger partial charge in [0.15, 0.2) is 0 Å². The summed E-state index contributed by atoms with van der Waals surface area (Å²) in [7, 11) is 0. The molecule has 148 valence electrons. The number of rotatable bonds is 5. The summed E-state index contributed by atoms with van der Waals surface area (Å²) in [5, 5.41) is 15.7. The second kappa shape index (κ2) is 9.31. The fourth-order valence-corrected chi connectivity index (χ4v) is 4.01. The highest BCUT2D eigenvalue weighted by Gasteiger charge is 2.29. The number of nitrogens with zero attached hydrogens (tertiary/aromatic N) is 1. The summed E-state index contributed by atoms with van der Waals surface area (Å²) in [6.07, 6.45) is 0.134. The molecule has 0 saturated carbocycles. The predicted octanol–water partition coefficient (Wildman–Crippen LogP) is 4.84. The smallest absolute Gasteiger partial charge is 0.234 e. The van der Waals surface area contributed by atoms with E-state index >= 15 is 0 Å². The molecule has 0 fully saturated rings. The summed E-state index contributed by atoms with van der Waals surface area (Å²) in [5.74, 6) is -1.67. The predicted molar refractivity (Wildman–Crippen MR) is 112 cm³/mol. The Kier molecular flexibility index (Phi) is 6.80. The van der Waals surface area contributed by atoms with Crippen molar-refractivity contribution in [3.8, 4) is 6.07 Å².